The molecule has 28 heavy (non-hydrogen) atoms. The molecule has 0 aliphatic rings. The third-order valence-electron chi connectivity index (χ3n) is 4.37. The van der Waals surface area contributed by atoms with Crippen molar-refractivity contribution in [3.63, 3.8) is 0 Å². The molecule has 3 aromatic rings. The van der Waals surface area contributed by atoms with E-state index in [0.29, 0.717) is 11.4 Å². The number of amides is 1. The molecule has 3 rings (SSSR count). The molecule has 0 aliphatic heterocycles. The lowest BCUT2D eigenvalue weighted by molar-refractivity contribution is -0.115. The van der Waals surface area contributed by atoms with Crippen LogP contribution in [0.2, 0.25) is 0 Å². The minimum absolute atomic E-state index is 0.0683. The van der Waals surface area contributed by atoms with Gasteiger partial charge in [0, 0.05) is 11.5 Å². The summed E-state index contributed by atoms with van der Waals surface area (Å²) >= 11 is 0. The molecule has 0 aliphatic carbocycles. The highest BCUT2D eigenvalue weighted by Crippen LogP contribution is 2.26. The van der Waals surface area contributed by atoms with Gasteiger partial charge in [0.25, 0.3) is 0 Å². The van der Waals surface area contributed by atoms with E-state index in [9.17, 15) is 13.6 Å². The number of carbonyl (C=O) groups is 1. The van der Waals surface area contributed by atoms with Crippen molar-refractivity contribution in [2.24, 2.45) is 0 Å². The third-order valence-corrected chi connectivity index (χ3v) is 4.37. The number of hydrogen-bond donors (Lipinski definition) is 1. The molecule has 1 heterocycles. The molecular weight excluding hydrogens is 360 g/mol. The third kappa shape index (κ3) is 4.44. The van der Waals surface area contributed by atoms with E-state index >= 15 is 0 Å². The Labute approximate surface area is 163 Å². The standard InChI is InChI=1S/C22H23F2N3O/c1-14-5-8-16(9-6-14)27-20(13-19(26-27)22(2,3)4)25-21(28)12-15-7-10-17(23)18(24)11-15/h5-11,13H,12H2,1-4H3,(H,25,28). The van der Waals surface area contributed by atoms with Crippen LogP contribution in [0.5, 0.6) is 0 Å². The monoisotopic (exact) mass is 383 g/mol. The van der Waals surface area contributed by atoms with E-state index in [1.165, 1.54) is 6.07 Å². The number of nitrogens with one attached hydrogen (secondary N) is 1. The molecule has 0 unspecified atom stereocenters. The minimum Gasteiger partial charge on any atom is -0.310 e. The predicted molar refractivity (Wildman–Crippen MR) is 106 cm³/mol. The number of aryl methyl sites for hydroxylation is 1. The van der Waals surface area contributed by atoms with Crippen LogP contribution in [0.3, 0.4) is 0 Å². The highest BCUT2D eigenvalue weighted by Gasteiger charge is 2.21. The van der Waals surface area contributed by atoms with Gasteiger partial charge in [0.2, 0.25) is 5.91 Å². The molecular formula is C22H23F2N3O. The molecule has 0 radical (unpaired) electrons. The summed E-state index contributed by atoms with van der Waals surface area (Å²) in [5.74, 6) is -1.71. The van der Waals surface area contributed by atoms with Crippen LogP contribution in [0.25, 0.3) is 5.69 Å². The van der Waals surface area contributed by atoms with Gasteiger partial charge in [0.05, 0.1) is 17.8 Å². The summed E-state index contributed by atoms with van der Waals surface area (Å²) in [5.41, 5.74) is 2.97. The first-order valence-corrected chi connectivity index (χ1v) is 9.05. The van der Waals surface area contributed by atoms with E-state index in [4.69, 9.17) is 0 Å². The number of nitrogens with zero attached hydrogens (tertiary/aromatic N) is 2. The maximum Gasteiger partial charge on any atom is 0.229 e. The second kappa shape index (κ2) is 7.54. The Morgan fingerprint density at radius 1 is 1.04 bits per heavy atom. The van der Waals surface area contributed by atoms with Crippen molar-refractivity contribution in [2.45, 2.75) is 39.5 Å². The molecule has 146 valence electrons. The van der Waals surface area contributed by atoms with Gasteiger partial charge in [-0.15, -0.1) is 0 Å². The first-order valence-electron chi connectivity index (χ1n) is 9.05. The van der Waals surface area contributed by atoms with Gasteiger partial charge in [-0.25, -0.2) is 13.5 Å². The number of hydrogen-bond acceptors (Lipinski definition) is 2. The summed E-state index contributed by atoms with van der Waals surface area (Å²) in [5, 5.41) is 7.50. The second-order valence-corrected chi connectivity index (χ2v) is 7.89. The molecule has 0 saturated carbocycles. The quantitative estimate of drug-likeness (QED) is 0.694. The zero-order valence-electron chi connectivity index (χ0n) is 16.4. The lowest BCUT2D eigenvalue weighted by Gasteiger charge is -2.14. The van der Waals surface area contributed by atoms with Crippen LogP contribution >= 0.6 is 0 Å². The van der Waals surface area contributed by atoms with Crippen LogP contribution in [0.15, 0.2) is 48.5 Å². The zero-order chi connectivity index (χ0) is 20.5. The van der Waals surface area contributed by atoms with E-state index in [1.807, 2.05) is 58.0 Å². The molecule has 1 amide bonds. The number of rotatable bonds is 4. The van der Waals surface area contributed by atoms with Crippen LogP contribution in [0.1, 0.15) is 37.6 Å². The van der Waals surface area contributed by atoms with Crippen molar-refractivity contribution >= 4 is 11.7 Å². The molecule has 0 saturated heterocycles. The lowest BCUT2D eigenvalue weighted by Crippen LogP contribution is -2.17. The van der Waals surface area contributed by atoms with Gasteiger partial charge in [-0.1, -0.05) is 44.5 Å². The van der Waals surface area contributed by atoms with Gasteiger partial charge in [0.1, 0.15) is 5.82 Å². The zero-order valence-corrected chi connectivity index (χ0v) is 16.4. The Morgan fingerprint density at radius 2 is 1.71 bits per heavy atom. The van der Waals surface area contributed by atoms with Crippen molar-refractivity contribution < 1.29 is 13.6 Å². The molecule has 4 nitrogen and oxygen atoms in total. The van der Waals surface area contributed by atoms with Crippen LogP contribution < -0.4 is 5.32 Å². The van der Waals surface area contributed by atoms with Crippen molar-refractivity contribution in [2.75, 3.05) is 5.32 Å². The van der Waals surface area contributed by atoms with Gasteiger partial charge < -0.3 is 5.32 Å². The fourth-order valence-electron chi connectivity index (χ4n) is 2.74. The normalized spacial score (nSPS) is 11.5. The van der Waals surface area contributed by atoms with Gasteiger partial charge in [-0.05, 0) is 36.8 Å². The average molecular weight is 383 g/mol. The molecule has 0 atom stereocenters. The molecule has 0 spiro atoms. The van der Waals surface area contributed by atoms with Crippen LogP contribution in [0, 0.1) is 18.6 Å². The first kappa shape index (κ1) is 19.7. The summed E-state index contributed by atoms with van der Waals surface area (Å²) < 4.78 is 28.2. The summed E-state index contributed by atoms with van der Waals surface area (Å²) in [4.78, 5) is 12.5. The Hall–Kier alpha value is -3.02. The van der Waals surface area contributed by atoms with Gasteiger partial charge in [0.15, 0.2) is 11.6 Å². The number of halogens is 2. The lowest BCUT2D eigenvalue weighted by atomic mass is 9.92. The summed E-state index contributed by atoms with van der Waals surface area (Å²) in [6.07, 6.45) is -0.0683. The number of aromatic nitrogens is 2. The summed E-state index contributed by atoms with van der Waals surface area (Å²) in [6.45, 7) is 8.13. The fraction of sp³-hybridized carbons (Fsp3) is 0.273. The van der Waals surface area contributed by atoms with E-state index in [2.05, 4.69) is 10.4 Å². The maximum atomic E-state index is 13.4. The van der Waals surface area contributed by atoms with E-state index in [0.717, 1.165) is 29.1 Å². The van der Waals surface area contributed by atoms with Crippen LogP contribution in [-0.4, -0.2) is 15.7 Å². The van der Waals surface area contributed by atoms with Crippen molar-refractivity contribution in [3.05, 3.63) is 77.0 Å². The number of benzene rings is 2. The van der Waals surface area contributed by atoms with Crippen molar-refractivity contribution in [1.29, 1.82) is 0 Å². The van der Waals surface area contributed by atoms with E-state index in [1.54, 1.807) is 4.68 Å². The Morgan fingerprint density at radius 3 is 2.32 bits per heavy atom. The highest BCUT2D eigenvalue weighted by atomic mass is 19.2. The smallest absolute Gasteiger partial charge is 0.229 e. The maximum absolute atomic E-state index is 13.4. The fourth-order valence-corrected chi connectivity index (χ4v) is 2.74. The van der Waals surface area contributed by atoms with Gasteiger partial charge in [-0.3, -0.25) is 4.79 Å². The van der Waals surface area contributed by atoms with Gasteiger partial charge >= 0.3 is 0 Å². The Bertz CT molecular complexity index is 1000. The van der Waals surface area contributed by atoms with Crippen LogP contribution in [0.4, 0.5) is 14.6 Å². The van der Waals surface area contributed by atoms with Gasteiger partial charge in [-0.2, -0.15) is 5.10 Å². The number of carbonyl (C=O) groups excluding carboxylic acids is 1. The Kier molecular flexibility index (Phi) is 5.31. The average Bonchev–Trinajstić information content (AvgIpc) is 3.03. The molecule has 1 N–H and O–H groups in total. The molecule has 6 heteroatoms. The predicted octanol–water partition coefficient (Wildman–Crippen LogP) is 4.94. The second-order valence-electron chi connectivity index (χ2n) is 7.89. The molecule has 0 bridgehead atoms. The SMILES string of the molecule is Cc1ccc(-n2nc(C(C)(C)C)cc2NC(=O)Cc2ccc(F)c(F)c2)cc1. The topological polar surface area (TPSA) is 46.9 Å². The first-order chi connectivity index (χ1) is 13.1. The van der Waals surface area contributed by atoms with Crippen molar-refractivity contribution in [1.82, 2.24) is 9.78 Å². The highest BCUT2D eigenvalue weighted by molar-refractivity contribution is 5.91. The molecule has 2 aromatic carbocycles. The van der Waals surface area contributed by atoms with E-state index in [-0.39, 0.29) is 17.7 Å². The van der Waals surface area contributed by atoms with Crippen molar-refractivity contribution in [3.8, 4) is 5.69 Å². The largest absolute Gasteiger partial charge is 0.310 e. The minimum atomic E-state index is -0.968. The van der Waals surface area contributed by atoms with E-state index < -0.39 is 11.6 Å². The number of anilines is 1. The molecule has 1 aromatic heterocycles. The summed E-state index contributed by atoms with van der Waals surface area (Å²) in [7, 11) is 0. The Balaban J connectivity index is 1.89. The summed E-state index contributed by atoms with van der Waals surface area (Å²) in [6, 6.07) is 13.1. The molecule has 0 fully saturated rings. The van der Waals surface area contributed by atoms with Crippen LogP contribution in [-0.2, 0) is 16.6 Å².